The molecule has 0 bridgehead atoms. The Balaban J connectivity index is 1.65. The van der Waals surface area contributed by atoms with Crippen molar-refractivity contribution in [1.29, 1.82) is 0 Å². The minimum absolute atomic E-state index is 0.173. The minimum Gasteiger partial charge on any atom is -0.355 e. The highest BCUT2D eigenvalue weighted by atomic mass is 35.5. The third-order valence-electron chi connectivity index (χ3n) is 3.48. The van der Waals surface area contributed by atoms with Gasteiger partial charge in [0, 0.05) is 34.2 Å². The monoisotopic (exact) mass is 312 g/mol. The van der Waals surface area contributed by atoms with Crippen LogP contribution in [0.2, 0.25) is 5.02 Å². The topological polar surface area (TPSA) is 41.1 Å². The van der Waals surface area contributed by atoms with Crippen molar-refractivity contribution < 1.29 is 4.79 Å². The van der Waals surface area contributed by atoms with Gasteiger partial charge >= 0.3 is 0 Å². The van der Waals surface area contributed by atoms with Gasteiger partial charge in [0.25, 0.3) is 0 Å². The van der Waals surface area contributed by atoms with Crippen molar-refractivity contribution in [3.05, 3.63) is 29.3 Å². The van der Waals surface area contributed by atoms with E-state index < -0.39 is 0 Å². The molecule has 1 fully saturated rings. The van der Waals surface area contributed by atoms with Crippen LogP contribution in [-0.2, 0) is 4.79 Å². The van der Waals surface area contributed by atoms with Crippen LogP contribution in [0.5, 0.6) is 0 Å². The van der Waals surface area contributed by atoms with Crippen LogP contribution in [0, 0.1) is 5.92 Å². The Morgan fingerprint density at radius 1 is 1.45 bits per heavy atom. The Morgan fingerprint density at radius 3 is 2.90 bits per heavy atom. The van der Waals surface area contributed by atoms with Crippen molar-refractivity contribution in [3.63, 3.8) is 0 Å². The average Bonchev–Trinajstić information content (AvgIpc) is 2.45. The Labute approximate surface area is 129 Å². The summed E-state index contributed by atoms with van der Waals surface area (Å²) in [5, 5.41) is 7.16. The van der Waals surface area contributed by atoms with E-state index in [9.17, 15) is 4.79 Å². The van der Waals surface area contributed by atoms with E-state index in [1.54, 1.807) is 11.8 Å². The molecule has 110 valence electrons. The molecule has 0 aliphatic carbocycles. The van der Waals surface area contributed by atoms with Gasteiger partial charge in [0.1, 0.15) is 0 Å². The summed E-state index contributed by atoms with van der Waals surface area (Å²) in [5.74, 6) is 1.26. The molecule has 0 saturated carbocycles. The Morgan fingerprint density at radius 2 is 2.20 bits per heavy atom. The molecular formula is C15H21ClN2OS. The van der Waals surface area contributed by atoms with Crippen LogP contribution in [0.25, 0.3) is 0 Å². The molecule has 1 amide bonds. The van der Waals surface area contributed by atoms with Gasteiger partial charge in [-0.1, -0.05) is 11.6 Å². The molecule has 0 radical (unpaired) electrons. The summed E-state index contributed by atoms with van der Waals surface area (Å²) in [6.45, 7) is 3.79. The molecule has 2 rings (SSSR count). The molecule has 1 aromatic carbocycles. The standard InChI is InChI=1S/C15H21ClN2OS/c1-11-10-12(6-7-17-11)15(19)18-8-9-20-14-4-2-13(16)3-5-14/h2-5,11-12,17H,6-10H2,1H3,(H,18,19)/t11-,12-/m0/s1. The maximum Gasteiger partial charge on any atom is 0.223 e. The molecule has 1 heterocycles. The number of nitrogens with one attached hydrogen (secondary N) is 2. The number of piperidine rings is 1. The zero-order chi connectivity index (χ0) is 14.4. The quantitative estimate of drug-likeness (QED) is 0.649. The summed E-state index contributed by atoms with van der Waals surface area (Å²) in [5.41, 5.74) is 0. The summed E-state index contributed by atoms with van der Waals surface area (Å²) in [6, 6.07) is 8.23. The summed E-state index contributed by atoms with van der Waals surface area (Å²) in [6.07, 6.45) is 1.89. The largest absolute Gasteiger partial charge is 0.355 e. The molecule has 5 heteroatoms. The van der Waals surface area contributed by atoms with Crippen LogP contribution in [-0.4, -0.2) is 30.8 Å². The van der Waals surface area contributed by atoms with Gasteiger partial charge in [-0.25, -0.2) is 0 Å². The number of rotatable bonds is 5. The van der Waals surface area contributed by atoms with Crippen molar-refractivity contribution in [1.82, 2.24) is 10.6 Å². The van der Waals surface area contributed by atoms with E-state index in [4.69, 9.17) is 11.6 Å². The van der Waals surface area contributed by atoms with Crippen molar-refractivity contribution >= 4 is 29.3 Å². The molecule has 0 aromatic heterocycles. The molecule has 1 aliphatic rings. The smallest absolute Gasteiger partial charge is 0.223 e. The van der Waals surface area contributed by atoms with Crippen molar-refractivity contribution in [2.75, 3.05) is 18.8 Å². The first kappa shape index (κ1) is 15.7. The fourth-order valence-electron chi connectivity index (χ4n) is 2.39. The number of halogens is 1. The van der Waals surface area contributed by atoms with E-state index in [0.29, 0.717) is 12.6 Å². The molecule has 0 spiro atoms. The zero-order valence-corrected chi connectivity index (χ0v) is 13.3. The zero-order valence-electron chi connectivity index (χ0n) is 11.7. The van der Waals surface area contributed by atoms with E-state index in [0.717, 1.165) is 30.2 Å². The summed E-state index contributed by atoms with van der Waals surface area (Å²) >= 11 is 7.57. The lowest BCUT2D eigenvalue weighted by Gasteiger charge is -2.27. The maximum atomic E-state index is 12.0. The second kappa shape index (κ2) is 7.91. The van der Waals surface area contributed by atoms with Crippen LogP contribution in [0.15, 0.2) is 29.2 Å². The fourth-order valence-corrected chi connectivity index (χ4v) is 3.28. The highest BCUT2D eigenvalue weighted by molar-refractivity contribution is 7.99. The van der Waals surface area contributed by atoms with E-state index >= 15 is 0 Å². The average molecular weight is 313 g/mol. The lowest BCUT2D eigenvalue weighted by Crippen LogP contribution is -2.42. The Kier molecular flexibility index (Phi) is 6.20. The molecule has 20 heavy (non-hydrogen) atoms. The number of benzene rings is 1. The van der Waals surface area contributed by atoms with Crippen molar-refractivity contribution in [2.24, 2.45) is 5.92 Å². The van der Waals surface area contributed by atoms with Crippen molar-refractivity contribution in [2.45, 2.75) is 30.7 Å². The number of carbonyl (C=O) groups excluding carboxylic acids is 1. The van der Waals surface area contributed by atoms with Crippen molar-refractivity contribution in [3.8, 4) is 0 Å². The van der Waals surface area contributed by atoms with Gasteiger partial charge in [-0.2, -0.15) is 0 Å². The molecule has 1 aromatic rings. The first-order valence-electron chi connectivity index (χ1n) is 7.04. The van der Waals surface area contributed by atoms with Crippen LogP contribution < -0.4 is 10.6 Å². The highest BCUT2D eigenvalue weighted by Gasteiger charge is 2.24. The molecule has 3 nitrogen and oxygen atoms in total. The predicted octanol–water partition coefficient (Wildman–Crippen LogP) is 2.94. The molecule has 2 N–H and O–H groups in total. The maximum absolute atomic E-state index is 12.0. The molecule has 0 unspecified atom stereocenters. The van der Waals surface area contributed by atoms with Gasteiger partial charge in [-0.05, 0) is 50.6 Å². The van der Waals surface area contributed by atoms with Crippen LogP contribution in [0.1, 0.15) is 19.8 Å². The number of hydrogen-bond acceptors (Lipinski definition) is 3. The fraction of sp³-hybridized carbons (Fsp3) is 0.533. The van der Waals surface area contributed by atoms with Gasteiger partial charge in [-0.15, -0.1) is 11.8 Å². The van der Waals surface area contributed by atoms with Crippen LogP contribution in [0.4, 0.5) is 0 Å². The SMILES string of the molecule is C[C@H]1C[C@@H](C(=O)NCCSc2ccc(Cl)cc2)CCN1. The third kappa shape index (κ3) is 5.00. The molecule has 1 saturated heterocycles. The molecule has 2 atom stereocenters. The van der Waals surface area contributed by atoms with Gasteiger partial charge in [0.05, 0.1) is 0 Å². The number of thioether (sulfide) groups is 1. The number of carbonyl (C=O) groups is 1. The van der Waals surface area contributed by atoms with Gasteiger partial charge in [-0.3, -0.25) is 4.79 Å². The Hall–Kier alpha value is -0.710. The summed E-state index contributed by atoms with van der Waals surface area (Å²) < 4.78 is 0. The normalized spacial score (nSPS) is 22.5. The second-order valence-corrected chi connectivity index (χ2v) is 6.77. The summed E-state index contributed by atoms with van der Waals surface area (Å²) in [7, 11) is 0. The van der Waals surface area contributed by atoms with Gasteiger partial charge in [0.15, 0.2) is 0 Å². The van der Waals surface area contributed by atoms with Crippen LogP contribution in [0.3, 0.4) is 0 Å². The molecular weight excluding hydrogens is 292 g/mol. The minimum atomic E-state index is 0.173. The van der Waals surface area contributed by atoms with E-state index in [2.05, 4.69) is 17.6 Å². The lowest BCUT2D eigenvalue weighted by atomic mass is 9.92. The summed E-state index contributed by atoms with van der Waals surface area (Å²) in [4.78, 5) is 13.2. The second-order valence-electron chi connectivity index (χ2n) is 5.17. The lowest BCUT2D eigenvalue weighted by molar-refractivity contribution is -0.125. The van der Waals surface area contributed by atoms with Gasteiger partial charge in [0.2, 0.25) is 5.91 Å². The van der Waals surface area contributed by atoms with E-state index in [1.165, 1.54) is 4.90 Å². The van der Waals surface area contributed by atoms with Crippen LogP contribution >= 0.6 is 23.4 Å². The molecule has 1 aliphatic heterocycles. The first-order chi connectivity index (χ1) is 9.65. The first-order valence-corrected chi connectivity index (χ1v) is 8.41. The van der Waals surface area contributed by atoms with Gasteiger partial charge < -0.3 is 10.6 Å². The third-order valence-corrected chi connectivity index (χ3v) is 4.74. The van der Waals surface area contributed by atoms with E-state index in [-0.39, 0.29) is 11.8 Å². The predicted molar refractivity (Wildman–Crippen MR) is 85.4 cm³/mol. The Bertz CT molecular complexity index is 438. The number of amides is 1. The highest BCUT2D eigenvalue weighted by Crippen LogP contribution is 2.20. The van der Waals surface area contributed by atoms with E-state index in [1.807, 2.05) is 24.3 Å². The number of hydrogen-bond donors (Lipinski definition) is 2.